The fraction of sp³-hybridized carbons (Fsp3) is 0.480. The smallest absolute Gasteiger partial charge is 0.254 e. The fourth-order valence-electron chi connectivity index (χ4n) is 3.79. The summed E-state index contributed by atoms with van der Waals surface area (Å²) in [7, 11) is 0. The molecule has 1 fully saturated rings. The molecule has 0 aliphatic carbocycles. The van der Waals surface area contributed by atoms with Gasteiger partial charge in [0, 0.05) is 30.8 Å². The molecular weight excluding hydrogens is 452 g/mol. The lowest BCUT2D eigenvalue weighted by atomic mass is 10.1. The Kier molecular flexibility index (Phi) is 9.64. The van der Waals surface area contributed by atoms with Crippen LogP contribution < -0.4 is 4.74 Å². The quantitative estimate of drug-likeness (QED) is 0.327. The van der Waals surface area contributed by atoms with E-state index in [1.165, 1.54) is 6.07 Å². The van der Waals surface area contributed by atoms with Crippen molar-refractivity contribution in [3.8, 4) is 5.75 Å². The molecule has 1 aliphatic rings. The monoisotopic (exact) mass is 481 g/mol. The topological polar surface area (TPSA) is 38.8 Å². The number of halogens is 3. The number of unbranched alkanes of at least 4 members (excludes halogenated alkanes) is 3. The summed E-state index contributed by atoms with van der Waals surface area (Å²) in [6.07, 6.45) is 6.05. The van der Waals surface area contributed by atoms with Crippen LogP contribution in [0.3, 0.4) is 0 Å². The van der Waals surface area contributed by atoms with Gasteiger partial charge in [0.1, 0.15) is 5.82 Å². The molecular formula is C25H30Cl2FNO3. The predicted molar refractivity (Wildman–Crippen MR) is 126 cm³/mol. The number of hydrogen-bond donors (Lipinski definition) is 0. The maximum atomic E-state index is 14.3. The lowest BCUT2D eigenvalue weighted by molar-refractivity contribution is 0.0505. The molecule has 2 aromatic carbocycles. The average molecular weight is 482 g/mol. The normalized spacial score (nSPS) is 15.7. The van der Waals surface area contributed by atoms with Crippen LogP contribution in [0.25, 0.3) is 0 Å². The molecule has 0 aromatic heterocycles. The van der Waals surface area contributed by atoms with Crippen molar-refractivity contribution in [1.29, 1.82) is 0 Å². The summed E-state index contributed by atoms with van der Waals surface area (Å²) < 4.78 is 25.8. The van der Waals surface area contributed by atoms with Crippen LogP contribution in [-0.2, 0) is 11.3 Å². The summed E-state index contributed by atoms with van der Waals surface area (Å²) in [6, 6.07) is 9.60. The second-order valence-electron chi connectivity index (χ2n) is 8.09. The molecule has 1 atom stereocenters. The van der Waals surface area contributed by atoms with Crippen LogP contribution in [0.2, 0.25) is 10.0 Å². The maximum absolute atomic E-state index is 14.3. The summed E-state index contributed by atoms with van der Waals surface area (Å²) in [4.78, 5) is 15.0. The van der Waals surface area contributed by atoms with Gasteiger partial charge in [-0.05, 0) is 37.5 Å². The summed E-state index contributed by atoms with van der Waals surface area (Å²) in [6.45, 7) is 3.85. The highest BCUT2D eigenvalue weighted by atomic mass is 35.5. The minimum Gasteiger partial charge on any atom is -0.490 e. The van der Waals surface area contributed by atoms with E-state index in [9.17, 15) is 9.18 Å². The molecule has 1 heterocycles. The Hall–Kier alpha value is -1.82. The predicted octanol–water partition coefficient (Wildman–Crippen LogP) is 6.91. The fourth-order valence-corrected chi connectivity index (χ4v) is 4.39. The van der Waals surface area contributed by atoms with E-state index >= 15 is 0 Å². The van der Waals surface area contributed by atoms with Crippen molar-refractivity contribution in [2.75, 3.05) is 19.8 Å². The highest BCUT2D eigenvalue weighted by Crippen LogP contribution is 2.35. The third kappa shape index (κ3) is 6.84. The van der Waals surface area contributed by atoms with Gasteiger partial charge in [-0.25, -0.2) is 4.39 Å². The van der Waals surface area contributed by atoms with E-state index in [2.05, 4.69) is 6.92 Å². The van der Waals surface area contributed by atoms with Gasteiger partial charge in [0.25, 0.3) is 5.91 Å². The van der Waals surface area contributed by atoms with Gasteiger partial charge >= 0.3 is 0 Å². The molecule has 1 unspecified atom stereocenters. The van der Waals surface area contributed by atoms with Gasteiger partial charge in [0.05, 0.1) is 22.8 Å². The summed E-state index contributed by atoms with van der Waals surface area (Å²) in [5.41, 5.74) is 0.788. The second-order valence-corrected chi connectivity index (χ2v) is 8.90. The highest BCUT2D eigenvalue weighted by molar-refractivity contribution is 6.37. The third-order valence-electron chi connectivity index (χ3n) is 5.54. The molecule has 1 amide bonds. The Morgan fingerprint density at radius 3 is 2.59 bits per heavy atom. The Labute approximate surface area is 199 Å². The first-order valence-electron chi connectivity index (χ1n) is 11.3. The van der Waals surface area contributed by atoms with Gasteiger partial charge in [0.2, 0.25) is 0 Å². The highest BCUT2D eigenvalue weighted by Gasteiger charge is 2.25. The number of carbonyl (C=O) groups excluding carboxylic acids is 1. The number of carbonyl (C=O) groups is 1. The van der Waals surface area contributed by atoms with Crippen LogP contribution in [0.1, 0.15) is 61.4 Å². The Bertz CT molecular complexity index is 880. The Morgan fingerprint density at radius 1 is 1.19 bits per heavy atom. The van der Waals surface area contributed by atoms with E-state index < -0.39 is 0 Å². The van der Waals surface area contributed by atoms with Crippen molar-refractivity contribution < 1.29 is 18.7 Å². The zero-order chi connectivity index (χ0) is 22.9. The van der Waals surface area contributed by atoms with Gasteiger partial charge in [-0.1, -0.05) is 67.6 Å². The summed E-state index contributed by atoms with van der Waals surface area (Å²) in [5, 5.41) is 0.582. The number of hydrogen-bond acceptors (Lipinski definition) is 3. The summed E-state index contributed by atoms with van der Waals surface area (Å²) in [5.74, 6) is -0.233. The number of benzene rings is 2. The van der Waals surface area contributed by atoms with Crippen molar-refractivity contribution in [2.24, 2.45) is 0 Å². The SMILES string of the molecule is CCCCCCOc1c(Cl)cc(C(=O)N(Cc2ccccc2F)CC2CCCO2)cc1Cl. The van der Waals surface area contributed by atoms with Crippen LogP contribution in [0, 0.1) is 5.82 Å². The van der Waals surface area contributed by atoms with E-state index in [4.69, 9.17) is 32.7 Å². The van der Waals surface area contributed by atoms with Crippen molar-refractivity contribution in [1.82, 2.24) is 4.90 Å². The van der Waals surface area contributed by atoms with Gasteiger partial charge in [-0.3, -0.25) is 4.79 Å². The van der Waals surface area contributed by atoms with E-state index in [0.717, 1.165) is 38.5 Å². The lowest BCUT2D eigenvalue weighted by Crippen LogP contribution is -2.37. The third-order valence-corrected chi connectivity index (χ3v) is 6.11. The van der Waals surface area contributed by atoms with Gasteiger partial charge in [-0.2, -0.15) is 0 Å². The van der Waals surface area contributed by atoms with Gasteiger partial charge in [0.15, 0.2) is 5.75 Å². The molecule has 174 valence electrons. The van der Waals surface area contributed by atoms with Crippen molar-refractivity contribution in [3.63, 3.8) is 0 Å². The Morgan fingerprint density at radius 2 is 1.94 bits per heavy atom. The standard InChI is InChI=1S/C25H30Cl2FNO3/c1-2-3-4-7-12-32-24-21(26)14-19(15-22(24)27)25(30)29(17-20-10-8-13-31-20)16-18-9-5-6-11-23(18)28/h5-6,9,11,14-15,20H,2-4,7-8,10,12-13,16-17H2,1H3. The molecule has 0 N–H and O–H groups in total. The molecule has 4 nitrogen and oxygen atoms in total. The zero-order valence-electron chi connectivity index (χ0n) is 18.4. The molecule has 32 heavy (non-hydrogen) atoms. The molecule has 0 saturated carbocycles. The Balaban J connectivity index is 1.76. The number of amides is 1. The molecule has 1 saturated heterocycles. The number of nitrogens with zero attached hydrogens (tertiary/aromatic N) is 1. The lowest BCUT2D eigenvalue weighted by Gasteiger charge is -2.26. The first-order chi connectivity index (χ1) is 15.5. The molecule has 1 aliphatic heterocycles. The zero-order valence-corrected chi connectivity index (χ0v) is 19.9. The maximum Gasteiger partial charge on any atom is 0.254 e. The summed E-state index contributed by atoms with van der Waals surface area (Å²) >= 11 is 12.8. The number of rotatable bonds is 11. The van der Waals surface area contributed by atoms with Crippen molar-refractivity contribution in [3.05, 3.63) is 63.4 Å². The first kappa shape index (κ1) is 24.8. The van der Waals surface area contributed by atoms with Gasteiger partial charge in [-0.15, -0.1) is 0 Å². The molecule has 0 spiro atoms. The minimum absolute atomic E-state index is 0.0672. The second kappa shape index (κ2) is 12.4. The van der Waals surface area contributed by atoms with Crippen molar-refractivity contribution >= 4 is 29.1 Å². The molecule has 0 bridgehead atoms. The van der Waals surface area contributed by atoms with Gasteiger partial charge < -0.3 is 14.4 Å². The number of ether oxygens (including phenoxy) is 2. The van der Waals surface area contributed by atoms with E-state index in [1.807, 2.05) is 0 Å². The molecule has 7 heteroatoms. The van der Waals surface area contributed by atoms with Crippen LogP contribution >= 0.6 is 23.2 Å². The largest absolute Gasteiger partial charge is 0.490 e. The molecule has 0 radical (unpaired) electrons. The van der Waals surface area contributed by atoms with E-state index in [-0.39, 0.29) is 24.4 Å². The average Bonchev–Trinajstić information content (AvgIpc) is 3.28. The first-order valence-corrected chi connectivity index (χ1v) is 12.0. The van der Waals surface area contributed by atoms with Crippen LogP contribution in [0.4, 0.5) is 4.39 Å². The van der Waals surface area contributed by atoms with Crippen molar-refractivity contribution in [2.45, 2.75) is 58.1 Å². The van der Waals surface area contributed by atoms with Crippen LogP contribution in [-0.4, -0.2) is 36.7 Å². The van der Waals surface area contributed by atoms with E-state index in [1.54, 1.807) is 35.2 Å². The van der Waals surface area contributed by atoms with E-state index in [0.29, 0.717) is 46.7 Å². The van der Waals surface area contributed by atoms with Crippen LogP contribution in [0.5, 0.6) is 5.75 Å². The molecule has 2 aromatic rings. The molecule has 3 rings (SSSR count). The van der Waals surface area contributed by atoms with Crippen LogP contribution in [0.15, 0.2) is 36.4 Å². The minimum atomic E-state index is -0.347.